The molecule has 2 aromatic rings. The van der Waals surface area contributed by atoms with E-state index in [2.05, 4.69) is 0 Å². The predicted molar refractivity (Wildman–Crippen MR) is 128 cm³/mol. The molecule has 2 rings (SSSR count). The highest BCUT2D eigenvalue weighted by molar-refractivity contribution is 7.89. The first-order chi connectivity index (χ1) is 16.1. The molecule has 0 atom stereocenters. The van der Waals surface area contributed by atoms with Crippen LogP contribution in [0.25, 0.3) is 0 Å². The fraction of sp³-hybridized carbons (Fsp3) is 0.440. The maximum absolute atomic E-state index is 13.2. The first kappa shape index (κ1) is 27.5. The first-order valence-electron chi connectivity index (χ1n) is 11.1. The van der Waals surface area contributed by atoms with Crippen molar-refractivity contribution in [3.63, 3.8) is 0 Å². The summed E-state index contributed by atoms with van der Waals surface area (Å²) in [4.78, 5) is 26.4. The Balaban J connectivity index is 2.49. The minimum absolute atomic E-state index is 0.0623. The van der Waals surface area contributed by atoms with E-state index in [9.17, 15) is 18.0 Å². The smallest absolute Gasteiger partial charge is 0.326 e. The van der Waals surface area contributed by atoms with Crippen molar-refractivity contribution in [2.75, 3.05) is 33.9 Å². The summed E-state index contributed by atoms with van der Waals surface area (Å²) in [6.45, 7) is 4.99. The van der Waals surface area contributed by atoms with E-state index in [1.165, 1.54) is 20.2 Å². The molecule has 0 spiro atoms. The van der Waals surface area contributed by atoms with Crippen molar-refractivity contribution in [3.8, 4) is 0 Å². The van der Waals surface area contributed by atoms with Crippen LogP contribution >= 0.6 is 0 Å². The summed E-state index contributed by atoms with van der Waals surface area (Å²) in [5.74, 6) is -1.56. The number of carbonyl (C=O) groups excluding carboxylic acids is 2. The fourth-order valence-electron chi connectivity index (χ4n) is 3.43. The van der Waals surface area contributed by atoms with E-state index < -0.39 is 27.4 Å². The van der Waals surface area contributed by atoms with Gasteiger partial charge in [-0.05, 0) is 43.5 Å². The Labute approximate surface area is 201 Å². The first-order valence-corrected chi connectivity index (χ1v) is 12.5. The molecule has 0 amide bonds. The number of hydrogen-bond acceptors (Lipinski definition) is 7. The van der Waals surface area contributed by atoms with Crippen LogP contribution in [0.15, 0.2) is 53.4 Å². The predicted octanol–water partition coefficient (Wildman–Crippen LogP) is 3.12. The van der Waals surface area contributed by atoms with Gasteiger partial charge < -0.3 is 14.2 Å². The van der Waals surface area contributed by atoms with E-state index in [-0.39, 0.29) is 37.7 Å². The molecule has 0 saturated heterocycles. The molecule has 9 heteroatoms. The van der Waals surface area contributed by atoms with Gasteiger partial charge >= 0.3 is 11.9 Å². The van der Waals surface area contributed by atoms with Gasteiger partial charge in [0.15, 0.2) is 5.41 Å². The molecule has 0 aliphatic carbocycles. The number of carbonyl (C=O) groups is 2. The molecule has 0 unspecified atom stereocenters. The highest BCUT2D eigenvalue weighted by atomic mass is 32.2. The van der Waals surface area contributed by atoms with E-state index >= 15 is 0 Å². The molecule has 0 N–H and O–H groups in total. The summed E-state index contributed by atoms with van der Waals surface area (Å²) in [6.07, 6.45) is -0.143. The van der Waals surface area contributed by atoms with Gasteiger partial charge in [0.25, 0.3) is 0 Å². The lowest BCUT2D eigenvalue weighted by Gasteiger charge is -2.29. The fourth-order valence-corrected chi connectivity index (χ4v) is 4.60. The summed E-state index contributed by atoms with van der Waals surface area (Å²) < 4.78 is 43.0. The Bertz CT molecular complexity index is 1060. The van der Waals surface area contributed by atoms with E-state index in [1.54, 1.807) is 32.9 Å². The average molecular weight is 492 g/mol. The maximum atomic E-state index is 13.2. The lowest BCUT2D eigenvalue weighted by atomic mass is 9.82. The third-order valence-electron chi connectivity index (χ3n) is 5.31. The van der Waals surface area contributed by atoms with Crippen molar-refractivity contribution in [1.82, 2.24) is 4.31 Å². The summed E-state index contributed by atoms with van der Waals surface area (Å²) >= 11 is 0. The molecule has 0 aliphatic heterocycles. The number of aryl methyl sites for hydroxylation is 1. The molecule has 0 fully saturated rings. The van der Waals surface area contributed by atoms with Crippen LogP contribution < -0.4 is 0 Å². The maximum Gasteiger partial charge on any atom is 0.326 e. The van der Waals surface area contributed by atoms with Crippen LogP contribution in [0, 0.1) is 12.3 Å². The Morgan fingerprint density at radius 3 is 2.03 bits per heavy atom. The second-order valence-electron chi connectivity index (χ2n) is 8.07. The normalized spacial score (nSPS) is 11.9. The van der Waals surface area contributed by atoms with Crippen LogP contribution in [0.5, 0.6) is 0 Å². The molecule has 8 nitrogen and oxygen atoms in total. The topological polar surface area (TPSA) is 99.2 Å². The van der Waals surface area contributed by atoms with Gasteiger partial charge in [0, 0.05) is 20.5 Å². The Hall–Kier alpha value is -2.75. The molecule has 0 aromatic heterocycles. The Morgan fingerprint density at radius 2 is 1.50 bits per heavy atom. The van der Waals surface area contributed by atoms with Gasteiger partial charge in [0.1, 0.15) is 0 Å². The van der Waals surface area contributed by atoms with E-state index in [4.69, 9.17) is 14.2 Å². The number of hydrogen-bond donors (Lipinski definition) is 0. The molecular formula is C25H33NO7S. The molecule has 0 aliphatic rings. The summed E-state index contributed by atoms with van der Waals surface area (Å²) in [5.41, 5.74) is 0.0970. The number of nitrogens with zero attached hydrogens (tertiary/aromatic N) is 1. The number of esters is 2. The van der Waals surface area contributed by atoms with Gasteiger partial charge in [-0.25, -0.2) is 12.7 Å². The number of ether oxygens (including phenoxy) is 3. The van der Waals surface area contributed by atoms with Crippen molar-refractivity contribution >= 4 is 22.0 Å². The van der Waals surface area contributed by atoms with Crippen LogP contribution in [0.3, 0.4) is 0 Å². The third-order valence-corrected chi connectivity index (χ3v) is 7.27. The number of benzene rings is 2. The van der Waals surface area contributed by atoms with Crippen LogP contribution in [-0.4, -0.2) is 58.6 Å². The van der Waals surface area contributed by atoms with E-state index in [0.29, 0.717) is 11.1 Å². The molecule has 34 heavy (non-hydrogen) atoms. The van der Waals surface area contributed by atoms with Crippen LogP contribution in [0.1, 0.15) is 30.5 Å². The lowest BCUT2D eigenvalue weighted by molar-refractivity contribution is -0.177. The second kappa shape index (κ2) is 12.1. The van der Waals surface area contributed by atoms with Gasteiger partial charge in [-0.1, -0.05) is 42.5 Å². The minimum Gasteiger partial charge on any atom is -0.465 e. The second-order valence-corrected chi connectivity index (χ2v) is 10.2. The number of rotatable bonds is 12. The molecular weight excluding hydrogens is 458 g/mol. The molecule has 0 bridgehead atoms. The Kier molecular flexibility index (Phi) is 9.78. The third kappa shape index (κ3) is 6.43. The zero-order valence-electron chi connectivity index (χ0n) is 20.4. The van der Waals surface area contributed by atoms with Crippen molar-refractivity contribution in [2.45, 2.75) is 38.7 Å². The van der Waals surface area contributed by atoms with Crippen LogP contribution in [0.2, 0.25) is 0 Å². The standard InChI is InChI=1S/C25H33NO7S/c1-6-32-23(27)25(24(28)33-7-2,18-31-17-20-11-9-8-10-12-20)16-21-14-13-19(3)22(15-21)34(29,30)26(4)5/h8-15H,6-7,16-18H2,1-5H3. The van der Waals surface area contributed by atoms with Gasteiger partial charge in [-0.2, -0.15) is 0 Å². The highest BCUT2D eigenvalue weighted by Crippen LogP contribution is 2.31. The SMILES string of the molecule is CCOC(=O)C(COCc1ccccc1)(Cc1ccc(C)c(S(=O)(=O)N(C)C)c1)C(=O)OCC. The molecule has 0 radical (unpaired) electrons. The molecule has 2 aromatic carbocycles. The number of sulfonamides is 1. The lowest BCUT2D eigenvalue weighted by Crippen LogP contribution is -2.47. The minimum atomic E-state index is -3.73. The van der Waals surface area contributed by atoms with Crippen molar-refractivity contribution in [3.05, 3.63) is 65.2 Å². The van der Waals surface area contributed by atoms with Crippen molar-refractivity contribution in [1.29, 1.82) is 0 Å². The van der Waals surface area contributed by atoms with Crippen LogP contribution in [-0.2, 0) is 46.9 Å². The van der Waals surface area contributed by atoms with Crippen LogP contribution in [0.4, 0.5) is 0 Å². The molecule has 0 heterocycles. The van der Waals surface area contributed by atoms with Gasteiger partial charge in [0.05, 0.1) is 31.3 Å². The summed E-state index contributed by atoms with van der Waals surface area (Å²) in [5, 5.41) is 0. The molecule has 186 valence electrons. The molecule has 0 saturated carbocycles. The van der Waals surface area contributed by atoms with Gasteiger partial charge in [0.2, 0.25) is 10.0 Å². The Morgan fingerprint density at radius 1 is 0.912 bits per heavy atom. The van der Waals surface area contributed by atoms with Gasteiger partial charge in [-0.3, -0.25) is 9.59 Å². The van der Waals surface area contributed by atoms with E-state index in [1.807, 2.05) is 30.3 Å². The quantitative estimate of drug-likeness (QED) is 0.332. The summed E-state index contributed by atoms with van der Waals surface area (Å²) in [7, 11) is -0.840. The van der Waals surface area contributed by atoms with Crippen molar-refractivity contribution in [2.24, 2.45) is 5.41 Å². The van der Waals surface area contributed by atoms with Gasteiger partial charge in [-0.15, -0.1) is 0 Å². The zero-order chi connectivity index (χ0) is 25.4. The summed E-state index contributed by atoms with van der Waals surface area (Å²) in [6, 6.07) is 14.2. The van der Waals surface area contributed by atoms with E-state index in [0.717, 1.165) is 9.87 Å². The highest BCUT2D eigenvalue weighted by Gasteiger charge is 2.49. The average Bonchev–Trinajstić information content (AvgIpc) is 2.80. The van der Waals surface area contributed by atoms with Crippen molar-refractivity contribution < 1.29 is 32.2 Å². The zero-order valence-corrected chi connectivity index (χ0v) is 21.2. The largest absolute Gasteiger partial charge is 0.465 e. The monoisotopic (exact) mass is 491 g/mol.